The Bertz CT molecular complexity index is 548. The Hall–Kier alpha value is -1.53. The Morgan fingerprint density at radius 2 is 2.33 bits per heavy atom. The zero-order valence-electron chi connectivity index (χ0n) is 10.4. The number of rotatable bonds is 4. The highest BCUT2D eigenvalue weighted by Crippen LogP contribution is 2.31. The number of aromatic nitrogens is 4. The van der Waals surface area contributed by atoms with Crippen molar-refractivity contribution in [2.24, 2.45) is 0 Å². The number of nitrogens with one attached hydrogen (secondary N) is 1. The molecule has 1 unspecified atom stereocenters. The van der Waals surface area contributed by atoms with Crippen molar-refractivity contribution in [2.75, 3.05) is 6.54 Å². The van der Waals surface area contributed by atoms with Crippen molar-refractivity contribution in [1.29, 1.82) is 0 Å². The van der Waals surface area contributed by atoms with E-state index in [1.807, 2.05) is 12.1 Å². The number of fused-ring (bicyclic) bond motifs is 1. The number of aliphatic hydroxyl groups excluding tert-OH is 1. The molecule has 6 heteroatoms. The molecule has 0 bridgehead atoms. The Balaban J connectivity index is 1.69. The van der Waals surface area contributed by atoms with Crippen molar-refractivity contribution in [2.45, 2.75) is 37.8 Å². The fraction of sp³-hybridized carbons (Fsp3) is 0.583. The number of β-amino-alcohol motifs (C(OH)–C–C–N with tert-alkyl or cyclic N) is 1. The predicted octanol–water partition coefficient (Wildman–Crippen LogP) is 0.690. The fourth-order valence-corrected chi connectivity index (χ4v) is 2.30. The first kappa shape index (κ1) is 11.6. The van der Waals surface area contributed by atoms with Crippen LogP contribution >= 0.6 is 0 Å². The first-order chi connectivity index (χ1) is 8.66. The van der Waals surface area contributed by atoms with Gasteiger partial charge in [-0.05, 0) is 42.7 Å². The molecule has 0 aromatic carbocycles. The fourth-order valence-electron chi connectivity index (χ4n) is 2.30. The maximum Gasteiger partial charge on any atom is 0.179 e. The zero-order chi connectivity index (χ0) is 12.6. The average molecular weight is 247 g/mol. The number of pyridine rings is 1. The molecule has 2 aromatic rings. The molecule has 1 aliphatic carbocycles. The van der Waals surface area contributed by atoms with Gasteiger partial charge in [0.25, 0.3) is 0 Å². The summed E-state index contributed by atoms with van der Waals surface area (Å²) in [6.45, 7) is 2.76. The minimum absolute atomic E-state index is 0.208. The van der Waals surface area contributed by atoms with E-state index in [1.54, 1.807) is 10.7 Å². The second-order valence-electron chi connectivity index (χ2n) is 5.25. The third-order valence-electron chi connectivity index (χ3n) is 3.78. The third-order valence-corrected chi connectivity index (χ3v) is 3.78. The lowest BCUT2D eigenvalue weighted by Crippen LogP contribution is -2.49. The van der Waals surface area contributed by atoms with Gasteiger partial charge >= 0.3 is 0 Å². The second-order valence-corrected chi connectivity index (χ2v) is 5.25. The van der Waals surface area contributed by atoms with Gasteiger partial charge in [-0.25, -0.2) is 4.52 Å². The van der Waals surface area contributed by atoms with Crippen LogP contribution in [0.3, 0.4) is 0 Å². The van der Waals surface area contributed by atoms with E-state index in [9.17, 15) is 5.11 Å². The monoisotopic (exact) mass is 247 g/mol. The summed E-state index contributed by atoms with van der Waals surface area (Å²) in [6.07, 6.45) is 4.88. The van der Waals surface area contributed by atoms with Gasteiger partial charge in [-0.3, -0.25) is 0 Å². The molecule has 1 aliphatic rings. The lowest BCUT2D eigenvalue weighted by atomic mass is 9.78. The first-order valence-corrected chi connectivity index (χ1v) is 6.27. The molecule has 1 fully saturated rings. The van der Waals surface area contributed by atoms with Crippen LogP contribution in [0.4, 0.5) is 0 Å². The number of nitrogens with zero attached hydrogens (tertiary/aromatic N) is 4. The van der Waals surface area contributed by atoms with Gasteiger partial charge in [-0.2, -0.15) is 0 Å². The largest absolute Gasteiger partial charge is 0.387 e. The smallest absolute Gasteiger partial charge is 0.179 e. The van der Waals surface area contributed by atoms with E-state index in [0.29, 0.717) is 12.2 Å². The molecule has 18 heavy (non-hydrogen) atoms. The van der Waals surface area contributed by atoms with E-state index in [4.69, 9.17) is 0 Å². The normalized spacial score (nSPS) is 19.7. The lowest BCUT2D eigenvalue weighted by molar-refractivity contribution is 0.132. The van der Waals surface area contributed by atoms with Crippen LogP contribution in [0.15, 0.2) is 18.3 Å². The van der Waals surface area contributed by atoms with Crippen molar-refractivity contribution in [3.8, 4) is 0 Å². The summed E-state index contributed by atoms with van der Waals surface area (Å²) >= 11 is 0. The predicted molar refractivity (Wildman–Crippen MR) is 66.0 cm³/mol. The van der Waals surface area contributed by atoms with Crippen molar-refractivity contribution < 1.29 is 5.11 Å². The number of aliphatic hydroxyl groups is 1. The summed E-state index contributed by atoms with van der Waals surface area (Å²) in [5.41, 5.74) is 1.72. The number of tetrazole rings is 1. The van der Waals surface area contributed by atoms with Gasteiger partial charge in [0.15, 0.2) is 5.65 Å². The molecule has 2 heterocycles. The van der Waals surface area contributed by atoms with Gasteiger partial charge in [0.05, 0.1) is 6.10 Å². The van der Waals surface area contributed by atoms with Gasteiger partial charge in [0, 0.05) is 23.8 Å². The number of hydrogen-bond acceptors (Lipinski definition) is 5. The van der Waals surface area contributed by atoms with E-state index in [1.165, 1.54) is 19.3 Å². The Labute approximate surface area is 105 Å². The highest BCUT2D eigenvalue weighted by Gasteiger charge is 2.31. The van der Waals surface area contributed by atoms with Crippen LogP contribution in [0.2, 0.25) is 0 Å². The van der Waals surface area contributed by atoms with Crippen LogP contribution in [0, 0.1) is 0 Å². The van der Waals surface area contributed by atoms with Crippen molar-refractivity contribution in [3.63, 3.8) is 0 Å². The maximum absolute atomic E-state index is 10.2. The summed E-state index contributed by atoms with van der Waals surface area (Å²) < 4.78 is 1.57. The standard InChI is InChI=1S/C12H17N5O/c1-12(5-2-6-12)13-7-10(18)9-3-4-11-14-15-16-17(11)8-9/h3-4,8,10,13,18H,2,5-7H2,1H3. The van der Waals surface area contributed by atoms with E-state index in [-0.39, 0.29) is 5.54 Å². The van der Waals surface area contributed by atoms with E-state index in [2.05, 4.69) is 27.8 Å². The summed E-state index contributed by atoms with van der Waals surface area (Å²) in [7, 11) is 0. The minimum atomic E-state index is -0.531. The Morgan fingerprint density at radius 1 is 1.50 bits per heavy atom. The Kier molecular flexibility index (Phi) is 2.76. The minimum Gasteiger partial charge on any atom is -0.387 e. The van der Waals surface area contributed by atoms with E-state index < -0.39 is 6.10 Å². The summed E-state index contributed by atoms with van der Waals surface area (Å²) in [5, 5.41) is 24.8. The van der Waals surface area contributed by atoms with Gasteiger partial charge in [0.1, 0.15) is 0 Å². The van der Waals surface area contributed by atoms with Gasteiger partial charge in [-0.1, -0.05) is 6.07 Å². The van der Waals surface area contributed by atoms with Crippen molar-refractivity contribution in [3.05, 3.63) is 23.9 Å². The molecule has 3 rings (SSSR count). The molecule has 0 radical (unpaired) electrons. The average Bonchev–Trinajstić information content (AvgIpc) is 2.80. The van der Waals surface area contributed by atoms with Crippen molar-refractivity contribution in [1.82, 2.24) is 25.4 Å². The van der Waals surface area contributed by atoms with Gasteiger partial charge in [0.2, 0.25) is 0 Å². The topological polar surface area (TPSA) is 75.3 Å². The van der Waals surface area contributed by atoms with Crippen LogP contribution < -0.4 is 5.32 Å². The highest BCUT2D eigenvalue weighted by molar-refractivity contribution is 5.36. The van der Waals surface area contributed by atoms with Crippen LogP contribution in [0.5, 0.6) is 0 Å². The Morgan fingerprint density at radius 3 is 3.06 bits per heavy atom. The molecule has 0 amide bonds. The molecule has 1 atom stereocenters. The van der Waals surface area contributed by atoms with E-state index in [0.717, 1.165) is 5.56 Å². The molecule has 96 valence electrons. The van der Waals surface area contributed by atoms with Gasteiger partial charge in [-0.15, -0.1) is 5.10 Å². The molecule has 1 saturated carbocycles. The molecule has 6 nitrogen and oxygen atoms in total. The molecular weight excluding hydrogens is 230 g/mol. The van der Waals surface area contributed by atoms with Crippen LogP contribution in [-0.2, 0) is 0 Å². The maximum atomic E-state index is 10.2. The third kappa shape index (κ3) is 2.09. The van der Waals surface area contributed by atoms with Gasteiger partial charge < -0.3 is 10.4 Å². The SMILES string of the molecule is CC1(NCC(O)c2ccc3nnnn3c2)CCC1. The first-order valence-electron chi connectivity index (χ1n) is 6.27. The second kappa shape index (κ2) is 4.29. The molecule has 0 saturated heterocycles. The molecule has 2 N–H and O–H groups in total. The lowest BCUT2D eigenvalue weighted by Gasteiger charge is -2.40. The van der Waals surface area contributed by atoms with Crippen LogP contribution in [0.25, 0.3) is 5.65 Å². The molecular formula is C12H17N5O. The van der Waals surface area contributed by atoms with Crippen LogP contribution in [0.1, 0.15) is 37.9 Å². The highest BCUT2D eigenvalue weighted by atomic mass is 16.3. The van der Waals surface area contributed by atoms with Crippen LogP contribution in [-0.4, -0.2) is 37.2 Å². The molecule has 0 spiro atoms. The molecule has 0 aliphatic heterocycles. The zero-order valence-corrected chi connectivity index (χ0v) is 10.4. The summed E-state index contributed by atoms with van der Waals surface area (Å²) in [5.74, 6) is 0. The molecule has 2 aromatic heterocycles. The summed E-state index contributed by atoms with van der Waals surface area (Å²) in [4.78, 5) is 0. The van der Waals surface area contributed by atoms with Crippen molar-refractivity contribution >= 4 is 5.65 Å². The quantitative estimate of drug-likeness (QED) is 0.831. The number of hydrogen-bond donors (Lipinski definition) is 2. The van der Waals surface area contributed by atoms with E-state index >= 15 is 0 Å². The summed E-state index contributed by atoms with van der Waals surface area (Å²) in [6, 6.07) is 3.67.